The average molecular weight is 506 g/mol. The fraction of sp³-hybridized carbons (Fsp3) is 0.286. The van der Waals surface area contributed by atoms with Gasteiger partial charge in [0.15, 0.2) is 16.9 Å². The number of carbonyl (C=O) groups excluding carboxylic acids is 1. The number of aromatic nitrogens is 1. The molecule has 4 rings (SSSR count). The molecule has 0 atom stereocenters. The van der Waals surface area contributed by atoms with Crippen molar-refractivity contribution in [1.29, 1.82) is 0 Å². The van der Waals surface area contributed by atoms with Crippen LogP contribution in [0.25, 0.3) is 21.8 Å². The number of pyridine rings is 1. The summed E-state index contributed by atoms with van der Waals surface area (Å²) in [5, 5.41) is 7.16. The summed E-state index contributed by atoms with van der Waals surface area (Å²) in [6.45, 7) is 3.04. The highest BCUT2D eigenvalue weighted by atomic mass is 16.5. The first-order valence-electron chi connectivity index (χ1n) is 11.8. The minimum absolute atomic E-state index is 0.161. The fourth-order valence-corrected chi connectivity index (χ4v) is 4.38. The molecular formula is C28H31N3O6. The molecule has 194 valence electrons. The lowest BCUT2D eigenvalue weighted by Crippen LogP contribution is -2.27. The molecule has 9 heteroatoms. The summed E-state index contributed by atoms with van der Waals surface area (Å²) in [6, 6.07) is 12.7. The zero-order valence-corrected chi connectivity index (χ0v) is 21.6. The molecule has 3 N–H and O–H groups in total. The molecule has 0 saturated heterocycles. The largest absolute Gasteiger partial charge is 0.493 e. The number of aryl methyl sites for hydroxylation is 1. The number of methoxy groups -OCH3 is 4. The second-order valence-corrected chi connectivity index (χ2v) is 8.50. The van der Waals surface area contributed by atoms with Crippen molar-refractivity contribution in [2.24, 2.45) is 0 Å². The summed E-state index contributed by atoms with van der Waals surface area (Å²) in [4.78, 5) is 30.1. The Hall–Kier alpha value is -4.24. The predicted molar refractivity (Wildman–Crippen MR) is 144 cm³/mol. The van der Waals surface area contributed by atoms with Crippen LogP contribution in [0.2, 0.25) is 0 Å². The first-order chi connectivity index (χ1) is 17.9. The quantitative estimate of drug-likeness (QED) is 0.221. The van der Waals surface area contributed by atoms with E-state index >= 15 is 0 Å². The van der Waals surface area contributed by atoms with Crippen LogP contribution in [0.4, 0.5) is 5.69 Å². The van der Waals surface area contributed by atoms with E-state index < -0.39 is 0 Å². The maximum Gasteiger partial charge on any atom is 0.253 e. The van der Waals surface area contributed by atoms with Gasteiger partial charge in [-0.3, -0.25) is 9.59 Å². The first-order valence-corrected chi connectivity index (χ1v) is 11.8. The van der Waals surface area contributed by atoms with Crippen molar-refractivity contribution in [2.75, 3.05) is 46.9 Å². The third-order valence-electron chi connectivity index (χ3n) is 6.24. The van der Waals surface area contributed by atoms with Crippen LogP contribution in [-0.2, 0) is 11.3 Å². The van der Waals surface area contributed by atoms with E-state index in [1.54, 1.807) is 46.6 Å². The summed E-state index contributed by atoms with van der Waals surface area (Å²) in [5.41, 5.74) is 3.76. The average Bonchev–Trinajstić information content (AvgIpc) is 2.91. The number of benzene rings is 3. The molecule has 3 aromatic carbocycles. The van der Waals surface area contributed by atoms with Crippen LogP contribution in [0, 0.1) is 6.92 Å². The Morgan fingerprint density at radius 1 is 0.946 bits per heavy atom. The van der Waals surface area contributed by atoms with Gasteiger partial charge < -0.3 is 34.6 Å². The Morgan fingerprint density at radius 3 is 2.32 bits per heavy atom. The van der Waals surface area contributed by atoms with Crippen molar-refractivity contribution in [3.63, 3.8) is 0 Å². The predicted octanol–water partition coefficient (Wildman–Crippen LogP) is 4.00. The van der Waals surface area contributed by atoms with Crippen molar-refractivity contribution in [3.8, 4) is 17.2 Å². The Labute approximate surface area is 214 Å². The molecule has 0 aliphatic carbocycles. The monoisotopic (exact) mass is 505 g/mol. The van der Waals surface area contributed by atoms with Gasteiger partial charge in [0.25, 0.3) is 5.91 Å². The number of anilines is 1. The lowest BCUT2D eigenvalue weighted by atomic mass is 10.0. The van der Waals surface area contributed by atoms with Crippen LogP contribution in [0.3, 0.4) is 0 Å². The van der Waals surface area contributed by atoms with Crippen LogP contribution in [0.15, 0.2) is 47.3 Å². The number of H-pyrrole nitrogens is 1. The molecule has 0 aliphatic rings. The van der Waals surface area contributed by atoms with Gasteiger partial charge in [-0.15, -0.1) is 0 Å². The Balaban J connectivity index is 1.81. The maximum absolute atomic E-state index is 13.7. The second kappa shape index (κ2) is 11.2. The molecule has 0 aliphatic heterocycles. The number of amides is 1. The SMILES string of the molecule is COCCNC(=O)c1ccc(NCc2cc(OC)c(OC)c(OC)c2)c2c(=O)c3cccc(C)c3[nH]c12. The standard InChI is InChI=1S/C28H31N3O6/c1-16-7-6-8-18-24(16)31-25-19(28(33)29-11-12-34-2)9-10-20(23(25)26(18)32)30-15-17-13-21(35-3)27(37-5)22(14-17)36-4/h6-10,13-14,30H,11-12,15H2,1-5H3,(H,29,33)(H,31,32). The van der Waals surface area contributed by atoms with E-state index in [9.17, 15) is 9.59 Å². The Kier molecular flexibility index (Phi) is 7.83. The van der Waals surface area contributed by atoms with Crippen LogP contribution >= 0.6 is 0 Å². The molecule has 0 unspecified atom stereocenters. The van der Waals surface area contributed by atoms with Crippen molar-refractivity contribution in [2.45, 2.75) is 13.5 Å². The third-order valence-corrected chi connectivity index (χ3v) is 6.24. The van der Waals surface area contributed by atoms with Gasteiger partial charge in [-0.1, -0.05) is 12.1 Å². The number of fused-ring (bicyclic) bond motifs is 2. The van der Waals surface area contributed by atoms with Gasteiger partial charge in [-0.05, 0) is 48.4 Å². The molecule has 1 aromatic heterocycles. The first kappa shape index (κ1) is 25.8. The van der Waals surface area contributed by atoms with Gasteiger partial charge >= 0.3 is 0 Å². The summed E-state index contributed by atoms with van der Waals surface area (Å²) < 4.78 is 21.4. The highest BCUT2D eigenvalue weighted by Gasteiger charge is 2.19. The highest BCUT2D eigenvalue weighted by Crippen LogP contribution is 2.38. The van der Waals surface area contributed by atoms with E-state index in [4.69, 9.17) is 18.9 Å². The normalized spacial score (nSPS) is 10.9. The number of aromatic amines is 1. The number of carbonyl (C=O) groups is 1. The topological polar surface area (TPSA) is 111 Å². The van der Waals surface area contributed by atoms with Gasteiger partial charge in [0.2, 0.25) is 5.75 Å². The van der Waals surface area contributed by atoms with Gasteiger partial charge in [0.05, 0.1) is 49.9 Å². The molecule has 0 fully saturated rings. The molecule has 1 amide bonds. The molecule has 4 aromatic rings. The fourth-order valence-electron chi connectivity index (χ4n) is 4.38. The lowest BCUT2D eigenvalue weighted by Gasteiger charge is -2.16. The van der Waals surface area contributed by atoms with Crippen molar-refractivity contribution in [3.05, 3.63) is 69.4 Å². The van der Waals surface area contributed by atoms with E-state index in [1.807, 2.05) is 31.2 Å². The third kappa shape index (κ3) is 5.03. The van der Waals surface area contributed by atoms with Crippen molar-refractivity contribution < 1.29 is 23.7 Å². The van der Waals surface area contributed by atoms with E-state index in [2.05, 4.69) is 15.6 Å². The van der Waals surface area contributed by atoms with Gasteiger partial charge in [0.1, 0.15) is 0 Å². The number of para-hydroxylation sites is 1. The number of nitrogens with one attached hydrogen (secondary N) is 3. The number of rotatable bonds is 10. The van der Waals surface area contributed by atoms with Crippen molar-refractivity contribution >= 4 is 33.4 Å². The summed E-state index contributed by atoms with van der Waals surface area (Å²) >= 11 is 0. The van der Waals surface area contributed by atoms with Gasteiger partial charge in [-0.25, -0.2) is 0 Å². The van der Waals surface area contributed by atoms with Gasteiger partial charge in [0, 0.05) is 31.3 Å². The van der Waals surface area contributed by atoms with E-state index in [-0.39, 0.29) is 11.3 Å². The van der Waals surface area contributed by atoms with Crippen LogP contribution < -0.4 is 30.3 Å². The summed E-state index contributed by atoms with van der Waals surface area (Å²) in [7, 11) is 6.24. The number of hydrogen-bond acceptors (Lipinski definition) is 7. The minimum Gasteiger partial charge on any atom is -0.493 e. The van der Waals surface area contributed by atoms with Crippen LogP contribution in [-0.4, -0.2) is 52.5 Å². The second-order valence-electron chi connectivity index (χ2n) is 8.50. The highest BCUT2D eigenvalue weighted by molar-refractivity contribution is 6.11. The Bertz CT molecular complexity index is 1490. The molecule has 37 heavy (non-hydrogen) atoms. The zero-order chi connectivity index (χ0) is 26.5. The zero-order valence-electron chi connectivity index (χ0n) is 21.6. The molecule has 1 heterocycles. The number of ether oxygens (including phenoxy) is 4. The van der Waals surface area contributed by atoms with Crippen LogP contribution in [0.5, 0.6) is 17.2 Å². The van der Waals surface area contributed by atoms with Gasteiger partial charge in [-0.2, -0.15) is 0 Å². The van der Waals surface area contributed by atoms with E-state index in [1.165, 1.54) is 0 Å². The Morgan fingerprint density at radius 2 is 1.68 bits per heavy atom. The summed E-state index contributed by atoms with van der Waals surface area (Å²) in [5.74, 6) is 1.28. The smallest absolute Gasteiger partial charge is 0.253 e. The summed E-state index contributed by atoms with van der Waals surface area (Å²) in [6.07, 6.45) is 0. The molecule has 0 spiro atoms. The molecule has 0 bridgehead atoms. The minimum atomic E-state index is -0.290. The maximum atomic E-state index is 13.7. The van der Waals surface area contributed by atoms with E-state index in [0.29, 0.717) is 70.0 Å². The number of hydrogen-bond donors (Lipinski definition) is 3. The molecule has 0 saturated carbocycles. The van der Waals surface area contributed by atoms with Crippen LogP contribution in [0.1, 0.15) is 21.5 Å². The molecule has 0 radical (unpaired) electrons. The van der Waals surface area contributed by atoms with Crippen molar-refractivity contribution in [1.82, 2.24) is 10.3 Å². The molecule has 9 nitrogen and oxygen atoms in total. The lowest BCUT2D eigenvalue weighted by molar-refractivity contribution is 0.0938. The van der Waals surface area contributed by atoms with E-state index in [0.717, 1.165) is 11.1 Å². The molecular weight excluding hydrogens is 474 g/mol.